The van der Waals surface area contributed by atoms with Crippen molar-refractivity contribution in [2.45, 2.75) is 12.5 Å². The predicted molar refractivity (Wildman–Crippen MR) is 101 cm³/mol. The fraction of sp³-hybridized carbons (Fsp3) is 0.111. The van der Waals surface area contributed by atoms with Crippen molar-refractivity contribution in [2.24, 2.45) is 0 Å². The molecular weight excluding hydrogens is 362 g/mol. The molecule has 0 spiro atoms. The minimum Gasteiger partial charge on any atom is -0.300 e. The molecule has 0 saturated heterocycles. The van der Waals surface area contributed by atoms with E-state index in [-0.39, 0.29) is 5.91 Å². The SMILES string of the molecule is O=C(Nc1nc(-c2cccnc2)cs1)[C@H](Cc1ccccc1)n1cnnn1. The second-order valence-electron chi connectivity index (χ2n) is 5.76. The quantitative estimate of drug-likeness (QED) is 0.555. The molecule has 1 N–H and O–H groups in total. The molecule has 0 unspecified atom stereocenters. The van der Waals surface area contributed by atoms with Crippen LogP contribution >= 0.6 is 11.3 Å². The summed E-state index contributed by atoms with van der Waals surface area (Å²) in [5.74, 6) is -0.224. The Morgan fingerprint density at radius 1 is 1.19 bits per heavy atom. The van der Waals surface area contributed by atoms with Gasteiger partial charge in [0.15, 0.2) is 5.13 Å². The molecule has 0 fully saturated rings. The van der Waals surface area contributed by atoms with Crippen LogP contribution in [0.3, 0.4) is 0 Å². The maximum absolute atomic E-state index is 12.9. The molecule has 0 saturated carbocycles. The standard InChI is InChI=1S/C18H15N7OS/c26-17(22-18-21-15(11-27-18)14-7-4-8-19-10-14)16(25-12-20-23-24-25)9-13-5-2-1-3-6-13/h1-8,10-12,16H,9H2,(H,21,22,26)/t16-/m0/s1. The van der Waals surface area contributed by atoms with E-state index in [1.807, 2.05) is 47.8 Å². The van der Waals surface area contributed by atoms with Crippen LogP contribution in [-0.4, -0.2) is 36.1 Å². The summed E-state index contributed by atoms with van der Waals surface area (Å²) in [5, 5.41) is 16.5. The van der Waals surface area contributed by atoms with Gasteiger partial charge in [-0.2, -0.15) is 0 Å². The number of carbonyl (C=O) groups excluding carboxylic acids is 1. The van der Waals surface area contributed by atoms with Crippen LogP contribution in [-0.2, 0) is 11.2 Å². The Morgan fingerprint density at radius 2 is 2.07 bits per heavy atom. The number of hydrogen-bond acceptors (Lipinski definition) is 7. The lowest BCUT2D eigenvalue weighted by Crippen LogP contribution is -2.28. The second-order valence-corrected chi connectivity index (χ2v) is 6.62. The van der Waals surface area contributed by atoms with Gasteiger partial charge in [0.1, 0.15) is 12.4 Å². The van der Waals surface area contributed by atoms with Crippen LogP contribution in [0, 0.1) is 0 Å². The Hall–Kier alpha value is -3.46. The summed E-state index contributed by atoms with van der Waals surface area (Å²) in [4.78, 5) is 21.5. The predicted octanol–water partition coefficient (Wildman–Crippen LogP) is 2.61. The van der Waals surface area contributed by atoms with Crippen molar-refractivity contribution in [3.8, 4) is 11.3 Å². The van der Waals surface area contributed by atoms with Gasteiger partial charge >= 0.3 is 0 Å². The molecule has 4 rings (SSSR count). The van der Waals surface area contributed by atoms with Gasteiger partial charge in [-0.1, -0.05) is 30.3 Å². The van der Waals surface area contributed by atoms with Crippen molar-refractivity contribution in [3.05, 3.63) is 72.1 Å². The summed E-state index contributed by atoms with van der Waals surface area (Å²) in [6, 6.07) is 12.9. The summed E-state index contributed by atoms with van der Waals surface area (Å²) in [7, 11) is 0. The highest BCUT2D eigenvalue weighted by Crippen LogP contribution is 2.25. The Kier molecular flexibility index (Phi) is 4.93. The molecule has 9 heteroatoms. The van der Waals surface area contributed by atoms with Gasteiger partial charge < -0.3 is 5.32 Å². The van der Waals surface area contributed by atoms with E-state index in [9.17, 15) is 4.79 Å². The summed E-state index contributed by atoms with van der Waals surface area (Å²) in [6.45, 7) is 0. The van der Waals surface area contributed by atoms with Gasteiger partial charge in [-0.25, -0.2) is 9.67 Å². The minimum atomic E-state index is -0.576. The fourth-order valence-electron chi connectivity index (χ4n) is 2.62. The smallest absolute Gasteiger partial charge is 0.251 e. The number of pyridine rings is 1. The van der Waals surface area contributed by atoms with Crippen molar-refractivity contribution in [1.29, 1.82) is 0 Å². The van der Waals surface area contributed by atoms with E-state index in [0.717, 1.165) is 16.8 Å². The maximum Gasteiger partial charge on any atom is 0.251 e. The molecule has 8 nitrogen and oxygen atoms in total. The summed E-state index contributed by atoms with van der Waals surface area (Å²) < 4.78 is 1.46. The van der Waals surface area contributed by atoms with Crippen LogP contribution in [0.15, 0.2) is 66.6 Å². The molecule has 4 aromatic rings. The van der Waals surface area contributed by atoms with Crippen LogP contribution in [0.2, 0.25) is 0 Å². The molecule has 1 amide bonds. The molecule has 27 heavy (non-hydrogen) atoms. The average Bonchev–Trinajstić information content (AvgIpc) is 3.40. The van der Waals surface area contributed by atoms with E-state index in [0.29, 0.717) is 11.6 Å². The van der Waals surface area contributed by atoms with E-state index in [4.69, 9.17) is 0 Å². The Balaban J connectivity index is 1.53. The number of amides is 1. The van der Waals surface area contributed by atoms with E-state index >= 15 is 0 Å². The van der Waals surface area contributed by atoms with Crippen molar-refractivity contribution in [2.75, 3.05) is 5.32 Å². The number of carbonyl (C=O) groups is 1. The van der Waals surface area contributed by atoms with E-state index in [1.54, 1.807) is 12.4 Å². The van der Waals surface area contributed by atoms with Gasteiger partial charge in [-0.05, 0) is 28.1 Å². The first-order valence-electron chi connectivity index (χ1n) is 8.23. The number of benzene rings is 1. The zero-order valence-corrected chi connectivity index (χ0v) is 15.0. The lowest BCUT2D eigenvalue weighted by atomic mass is 10.1. The minimum absolute atomic E-state index is 0.224. The van der Waals surface area contributed by atoms with Gasteiger partial charge in [0.25, 0.3) is 5.91 Å². The molecule has 0 aliphatic carbocycles. The van der Waals surface area contributed by atoms with Gasteiger partial charge in [0.05, 0.1) is 5.69 Å². The van der Waals surface area contributed by atoms with Crippen molar-refractivity contribution in [1.82, 2.24) is 30.2 Å². The van der Waals surface area contributed by atoms with Crippen LogP contribution in [0.25, 0.3) is 11.3 Å². The third kappa shape index (κ3) is 4.04. The monoisotopic (exact) mass is 377 g/mol. The summed E-state index contributed by atoms with van der Waals surface area (Å²) in [6.07, 6.45) is 5.35. The molecule has 3 heterocycles. The number of nitrogens with zero attached hydrogens (tertiary/aromatic N) is 6. The molecule has 0 radical (unpaired) electrons. The molecular formula is C18H15N7OS. The first kappa shape index (κ1) is 17.0. The lowest BCUT2D eigenvalue weighted by molar-refractivity contribution is -0.119. The first-order chi connectivity index (χ1) is 13.3. The summed E-state index contributed by atoms with van der Waals surface area (Å²) >= 11 is 1.36. The summed E-state index contributed by atoms with van der Waals surface area (Å²) in [5.41, 5.74) is 2.68. The van der Waals surface area contributed by atoms with Gasteiger partial charge in [0, 0.05) is 29.8 Å². The second kappa shape index (κ2) is 7.83. The molecule has 1 atom stereocenters. The van der Waals surface area contributed by atoms with Gasteiger partial charge in [-0.15, -0.1) is 16.4 Å². The Morgan fingerprint density at radius 3 is 2.81 bits per heavy atom. The molecule has 0 aliphatic rings. The number of tetrazole rings is 1. The molecule has 134 valence electrons. The van der Waals surface area contributed by atoms with Crippen LogP contribution < -0.4 is 5.32 Å². The third-order valence-electron chi connectivity index (χ3n) is 3.95. The molecule has 0 aliphatic heterocycles. The van der Waals surface area contributed by atoms with E-state index in [2.05, 4.69) is 30.8 Å². The normalized spacial score (nSPS) is 11.9. The Labute approximate surface area is 158 Å². The number of thiazole rings is 1. The van der Waals surface area contributed by atoms with Crippen LogP contribution in [0.1, 0.15) is 11.6 Å². The Bertz CT molecular complexity index is 1000. The maximum atomic E-state index is 12.9. The molecule has 3 aromatic heterocycles. The van der Waals surface area contributed by atoms with Crippen LogP contribution in [0.5, 0.6) is 0 Å². The number of anilines is 1. The van der Waals surface area contributed by atoms with Crippen molar-refractivity contribution in [3.63, 3.8) is 0 Å². The zero-order valence-electron chi connectivity index (χ0n) is 14.1. The molecule has 0 bridgehead atoms. The lowest BCUT2D eigenvalue weighted by Gasteiger charge is -2.15. The number of hydrogen-bond donors (Lipinski definition) is 1. The van der Waals surface area contributed by atoms with E-state index in [1.165, 1.54) is 22.3 Å². The topological polar surface area (TPSA) is 98.5 Å². The van der Waals surface area contributed by atoms with Crippen molar-refractivity contribution < 1.29 is 4.79 Å². The zero-order chi connectivity index (χ0) is 18.5. The van der Waals surface area contributed by atoms with Crippen LogP contribution in [0.4, 0.5) is 5.13 Å². The highest BCUT2D eigenvalue weighted by Gasteiger charge is 2.23. The van der Waals surface area contributed by atoms with Crippen molar-refractivity contribution >= 4 is 22.4 Å². The highest BCUT2D eigenvalue weighted by molar-refractivity contribution is 7.14. The largest absolute Gasteiger partial charge is 0.300 e. The number of nitrogens with one attached hydrogen (secondary N) is 1. The third-order valence-corrected chi connectivity index (χ3v) is 4.71. The van der Waals surface area contributed by atoms with E-state index < -0.39 is 6.04 Å². The van der Waals surface area contributed by atoms with Gasteiger partial charge in [0.2, 0.25) is 0 Å². The van der Waals surface area contributed by atoms with Gasteiger partial charge in [-0.3, -0.25) is 9.78 Å². The number of aromatic nitrogens is 6. The molecule has 1 aromatic carbocycles. The first-order valence-corrected chi connectivity index (χ1v) is 9.11. The number of rotatable bonds is 6. The highest BCUT2D eigenvalue weighted by atomic mass is 32.1. The fourth-order valence-corrected chi connectivity index (χ4v) is 3.34. The average molecular weight is 377 g/mol.